The maximum Gasteiger partial charge on any atom is 0.340 e. The molecule has 2 aromatic rings. The predicted octanol–water partition coefficient (Wildman–Crippen LogP) is 7.00. The molecule has 0 bridgehead atoms. The summed E-state index contributed by atoms with van der Waals surface area (Å²) in [6.45, 7) is 2.27. The van der Waals surface area contributed by atoms with Gasteiger partial charge in [-0.3, -0.25) is 0 Å². The molecule has 0 spiro atoms. The van der Waals surface area contributed by atoms with E-state index in [-0.39, 0.29) is 10.9 Å². The Kier molecular flexibility index (Phi) is 5.89. The van der Waals surface area contributed by atoms with Gasteiger partial charge in [0.2, 0.25) is 0 Å². The molecule has 2 aliphatic rings. The van der Waals surface area contributed by atoms with Gasteiger partial charge in [-0.15, -0.1) is 0 Å². The van der Waals surface area contributed by atoms with Gasteiger partial charge in [0.1, 0.15) is 11.6 Å². The van der Waals surface area contributed by atoms with Crippen molar-refractivity contribution in [2.45, 2.75) is 64.2 Å². The monoisotopic (exact) mass is 400 g/mol. The van der Waals surface area contributed by atoms with Crippen molar-refractivity contribution in [3.63, 3.8) is 0 Å². The van der Waals surface area contributed by atoms with Gasteiger partial charge in [0.05, 0.1) is 12.7 Å². The van der Waals surface area contributed by atoms with Gasteiger partial charge in [0.25, 0.3) is 0 Å². The zero-order valence-corrected chi connectivity index (χ0v) is 17.3. The second kappa shape index (κ2) is 8.41. The smallest absolute Gasteiger partial charge is 0.340 e. The summed E-state index contributed by atoms with van der Waals surface area (Å²) in [6, 6.07) is 6.03. The molecule has 2 fully saturated rings. The first kappa shape index (κ1) is 20.3. The number of carbonyl (C=O) groups is 1. The van der Waals surface area contributed by atoms with Crippen molar-refractivity contribution >= 4 is 16.7 Å². The molecule has 156 valence electrons. The molecule has 2 nitrogen and oxygen atoms in total. The van der Waals surface area contributed by atoms with Gasteiger partial charge in [-0.2, -0.15) is 0 Å². The number of benzene rings is 2. The third kappa shape index (κ3) is 4.04. The quantitative estimate of drug-likeness (QED) is 0.516. The van der Waals surface area contributed by atoms with Crippen LogP contribution in [0, 0.1) is 29.4 Å². The van der Waals surface area contributed by atoms with Crippen molar-refractivity contribution in [2.24, 2.45) is 17.8 Å². The predicted molar refractivity (Wildman–Crippen MR) is 111 cm³/mol. The fourth-order valence-corrected chi connectivity index (χ4v) is 5.82. The third-order valence-electron chi connectivity index (χ3n) is 7.31. The molecular formula is C25H30F2O2. The Morgan fingerprint density at radius 2 is 1.76 bits per heavy atom. The van der Waals surface area contributed by atoms with Gasteiger partial charge in [0.15, 0.2) is 0 Å². The van der Waals surface area contributed by atoms with E-state index in [0.29, 0.717) is 11.3 Å². The lowest BCUT2D eigenvalue weighted by molar-refractivity contribution is 0.0595. The Labute approximate surface area is 171 Å². The Bertz CT molecular complexity index is 907. The average Bonchev–Trinajstić information content (AvgIpc) is 2.72. The number of rotatable bonds is 4. The van der Waals surface area contributed by atoms with Crippen LogP contribution >= 0.6 is 0 Å². The zero-order valence-electron chi connectivity index (χ0n) is 17.3. The van der Waals surface area contributed by atoms with Crippen molar-refractivity contribution in [3.8, 4) is 0 Å². The molecule has 2 unspecified atom stereocenters. The lowest BCUT2D eigenvalue weighted by Gasteiger charge is -2.42. The normalized spacial score (nSPS) is 26.9. The second-order valence-electron chi connectivity index (χ2n) is 9.05. The van der Waals surface area contributed by atoms with Crippen LogP contribution in [0.4, 0.5) is 8.78 Å². The first-order valence-corrected chi connectivity index (χ1v) is 11.0. The lowest BCUT2D eigenvalue weighted by atomic mass is 9.63. The van der Waals surface area contributed by atoms with Crippen LogP contribution in [0.15, 0.2) is 24.3 Å². The molecule has 0 aromatic heterocycles. The number of methoxy groups -OCH3 is 1. The van der Waals surface area contributed by atoms with E-state index >= 15 is 0 Å². The van der Waals surface area contributed by atoms with E-state index in [1.54, 1.807) is 6.07 Å². The van der Waals surface area contributed by atoms with E-state index < -0.39 is 17.6 Å². The topological polar surface area (TPSA) is 26.3 Å². The SMILES string of the molecule is CCCC1CC[C@@H]2CC(c3cc(F)c4cc(C(=O)OC)c(F)cc4c3)CC[C@H]2C1. The Balaban J connectivity index is 1.57. The summed E-state index contributed by atoms with van der Waals surface area (Å²) in [4.78, 5) is 11.7. The van der Waals surface area contributed by atoms with E-state index in [4.69, 9.17) is 0 Å². The molecule has 4 heteroatoms. The summed E-state index contributed by atoms with van der Waals surface area (Å²) in [6.07, 6.45) is 10.00. The lowest BCUT2D eigenvalue weighted by Crippen LogP contribution is -2.30. The molecule has 0 aliphatic heterocycles. The standard InChI is InChI=1S/C25H30F2O2/c1-3-4-15-5-6-17-10-18(8-7-16(17)9-15)19-11-20-13-24(27)22(25(28)29-2)14-21(20)23(26)12-19/h11-18H,3-10H2,1-2H3/t15?,16-,17+,18?/m0/s1. The zero-order chi connectivity index (χ0) is 20.5. The van der Waals surface area contributed by atoms with Crippen molar-refractivity contribution < 1.29 is 18.3 Å². The molecular weight excluding hydrogens is 370 g/mol. The second-order valence-corrected chi connectivity index (χ2v) is 9.05. The average molecular weight is 401 g/mol. The van der Waals surface area contributed by atoms with Crippen molar-refractivity contribution in [1.82, 2.24) is 0 Å². The summed E-state index contributed by atoms with van der Waals surface area (Å²) >= 11 is 0. The number of halogens is 2. The summed E-state index contributed by atoms with van der Waals surface area (Å²) in [5.41, 5.74) is 0.741. The highest BCUT2D eigenvalue weighted by molar-refractivity contribution is 5.96. The molecule has 0 radical (unpaired) electrons. The highest BCUT2D eigenvalue weighted by atomic mass is 19.1. The van der Waals surface area contributed by atoms with E-state index in [2.05, 4.69) is 11.7 Å². The van der Waals surface area contributed by atoms with E-state index in [1.165, 1.54) is 57.8 Å². The van der Waals surface area contributed by atoms with Crippen molar-refractivity contribution in [3.05, 3.63) is 47.0 Å². The fourth-order valence-electron chi connectivity index (χ4n) is 5.82. The van der Waals surface area contributed by atoms with E-state index in [1.807, 2.05) is 6.07 Å². The van der Waals surface area contributed by atoms with Gasteiger partial charge < -0.3 is 4.74 Å². The molecule has 2 aliphatic carbocycles. The molecule has 0 heterocycles. The van der Waals surface area contributed by atoms with Gasteiger partial charge in [-0.25, -0.2) is 13.6 Å². The number of fused-ring (bicyclic) bond motifs is 2. The van der Waals surface area contributed by atoms with Crippen LogP contribution in [0.5, 0.6) is 0 Å². The molecule has 0 N–H and O–H groups in total. The molecule has 29 heavy (non-hydrogen) atoms. The summed E-state index contributed by atoms with van der Waals surface area (Å²) in [5, 5.41) is 0.781. The maximum absolute atomic E-state index is 14.9. The summed E-state index contributed by atoms with van der Waals surface area (Å²) in [7, 11) is 1.19. The van der Waals surface area contributed by atoms with Crippen LogP contribution < -0.4 is 0 Å². The van der Waals surface area contributed by atoms with E-state index in [0.717, 1.165) is 36.2 Å². The van der Waals surface area contributed by atoms with Gasteiger partial charge >= 0.3 is 5.97 Å². The Morgan fingerprint density at radius 1 is 1.00 bits per heavy atom. The van der Waals surface area contributed by atoms with Gasteiger partial charge in [-0.05, 0) is 84.9 Å². The van der Waals surface area contributed by atoms with Crippen molar-refractivity contribution in [2.75, 3.05) is 7.11 Å². The third-order valence-corrected chi connectivity index (χ3v) is 7.31. The molecule has 4 rings (SSSR count). The molecule has 2 aromatic carbocycles. The minimum absolute atomic E-state index is 0.226. The number of hydrogen-bond acceptors (Lipinski definition) is 2. The largest absolute Gasteiger partial charge is 0.465 e. The van der Waals surface area contributed by atoms with Crippen LogP contribution in [0.1, 0.15) is 80.1 Å². The van der Waals surface area contributed by atoms with Crippen LogP contribution in [-0.4, -0.2) is 13.1 Å². The Hall–Kier alpha value is -1.97. The number of carbonyl (C=O) groups excluding carboxylic acids is 1. The van der Waals surface area contributed by atoms with Crippen LogP contribution in [0.25, 0.3) is 10.8 Å². The highest BCUT2D eigenvalue weighted by Crippen LogP contribution is 2.48. The molecule has 4 atom stereocenters. The van der Waals surface area contributed by atoms with Crippen molar-refractivity contribution in [1.29, 1.82) is 0 Å². The first-order chi connectivity index (χ1) is 14.0. The number of ether oxygens (including phenoxy) is 1. The Morgan fingerprint density at radius 3 is 2.52 bits per heavy atom. The highest BCUT2D eigenvalue weighted by Gasteiger charge is 2.36. The minimum atomic E-state index is -0.787. The van der Waals surface area contributed by atoms with Gasteiger partial charge in [0, 0.05) is 5.39 Å². The van der Waals surface area contributed by atoms with Crippen LogP contribution in [0.3, 0.4) is 0 Å². The molecule has 0 saturated heterocycles. The summed E-state index contributed by atoms with van der Waals surface area (Å²) in [5.74, 6) is 0.935. The summed E-state index contributed by atoms with van der Waals surface area (Å²) < 4.78 is 33.8. The maximum atomic E-state index is 14.9. The van der Waals surface area contributed by atoms with Gasteiger partial charge in [-0.1, -0.05) is 32.3 Å². The fraction of sp³-hybridized carbons (Fsp3) is 0.560. The minimum Gasteiger partial charge on any atom is -0.465 e. The van der Waals surface area contributed by atoms with E-state index in [9.17, 15) is 13.6 Å². The van der Waals surface area contributed by atoms with Crippen LogP contribution in [-0.2, 0) is 4.74 Å². The number of hydrogen-bond donors (Lipinski definition) is 0. The molecule has 0 amide bonds. The first-order valence-electron chi connectivity index (χ1n) is 11.0. The number of esters is 1. The van der Waals surface area contributed by atoms with Crippen LogP contribution in [0.2, 0.25) is 0 Å². The molecule has 2 saturated carbocycles.